The van der Waals surface area contributed by atoms with E-state index in [4.69, 9.17) is 0 Å². The minimum absolute atomic E-state index is 0.0360. The molecule has 4 nitrogen and oxygen atoms in total. The molecule has 1 fully saturated rings. The Labute approximate surface area is 161 Å². The highest BCUT2D eigenvalue weighted by Crippen LogP contribution is 2.18. The van der Waals surface area contributed by atoms with Crippen LogP contribution in [0.3, 0.4) is 0 Å². The van der Waals surface area contributed by atoms with Gasteiger partial charge >= 0.3 is 0 Å². The molecule has 2 aromatic rings. The third-order valence-corrected chi connectivity index (χ3v) is 5.44. The second-order valence-corrected chi connectivity index (χ2v) is 7.55. The molecule has 0 spiro atoms. The first-order valence-corrected chi connectivity index (χ1v) is 9.54. The van der Waals surface area contributed by atoms with Gasteiger partial charge in [-0.3, -0.25) is 9.59 Å². The van der Waals surface area contributed by atoms with Crippen LogP contribution in [0.2, 0.25) is 0 Å². The van der Waals surface area contributed by atoms with Crippen molar-refractivity contribution in [3.05, 3.63) is 68.8 Å². The summed E-state index contributed by atoms with van der Waals surface area (Å²) in [5, 5.41) is 3.09. The van der Waals surface area contributed by atoms with Gasteiger partial charge in [-0.15, -0.1) is 0 Å². The summed E-state index contributed by atoms with van der Waals surface area (Å²) in [5.41, 5.74) is 2.52. The molecule has 0 radical (unpaired) electrons. The lowest BCUT2D eigenvalue weighted by Gasteiger charge is -2.32. The largest absolute Gasteiger partial charge is 0.349 e. The zero-order chi connectivity index (χ0) is 17.8. The van der Waals surface area contributed by atoms with Crippen molar-refractivity contribution in [2.45, 2.75) is 25.8 Å². The molecule has 130 valence electrons. The van der Waals surface area contributed by atoms with Gasteiger partial charge in [-0.1, -0.05) is 29.8 Å². The average Bonchev–Trinajstić information content (AvgIpc) is 2.62. The number of amides is 2. The molecule has 1 heterocycles. The fourth-order valence-electron chi connectivity index (χ4n) is 3.09. The van der Waals surface area contributed by atoms with Crippen LogP contribution in [0.25, 0.3) is 0 Å². The van der Waals surface area contributed by atoms with Gasteiger partial charge in [-0.25, -0.2) is 0 Å². The summed E-state index contributed by atoms with van der Waals surface area (Å²) in [7, 11) is 0. The number of carbonyl (C=O) groups is 2. The van der Waals surface area contributed by atoms with Gasteiger partial charge in [0, 0.05) is 28.3 Å². The molecule has 2 aromatic carbocycles. The third kappa shape index (κ3) is 4.39. The van der Waals surface area contributed by atoms with E-state index in [0.717, 1.165) is 27.5 Å². The molecule has 0 unspecified atom stereocenters. The van der Waals surface area contributed by atoms with Gasteiger partial charge < -0.3 is 10.2 Å². The molecule has 0 aliphatic carbocycles. The summed E-state index contributed by atoms with van der Waals surface area (Å²) in [5.74, 6) is 0.0412. The minimum atomic E-state index is -0.0360. The van der Waals surface area contributed by atoms with E-state index in [1.807, 2.05) is 60.4 Å². The molecule has 0 aromatic heterocycles. The van der Waals surface area contributed by atoms with E-state index in [1.54, 1.807) is 0 Å². The van der Waals surface area contributed by atoms with E-state index in [-0.39, 0.29) is 17.9 Å². The second kappa shape index (κ2) is 7.99. The fourth-order valence-corrected chi connectivity index (χ4v) is 3.71. The predicted octanol–water partition coefficient (Wildman–Crippen LogP) is 3.63. The molecule has 25 heavy (non-hydrogen) atoms. The Morgan fingerprint density at radius 3 is 2.48 bits per heavy atom. The summed E-state index contributed by atoms with van der Waals surface area (Å²) in [6.07, 6.45) is 1.57. The Balaban J connectivity index is 1.56. The molecule has 0 bridgehead atoms. The normalized spacial score (nSPS) is 15.0. The number of aryl methyl sites for hydroxylation is 1. The summed E-state index contributed by atoms with van der Waals surface area (Å²) in [6.45, 7) is 3.32. The summed E-state index contributed by atoms with van der Waals surface area (Å²) in [6, 6.07) is 15.4. The van der Waals surface area contributed by atoms with Crippen molar-refractivity contribution < 1.29 is 9.59 Å². The van der Waals surface area contributed by atoms with Crippen LogP contribution < -0.4 is 5.32 Å². The van der Waals surface area contributed by atoms with Crippen LogP contribution in [0.15, 0.2) is 48.5 Å². The first kappa shape index (κ1) is 17.9. The average molecular weight is 448 g/mol. The van der Waals surface area contributed by atoms with Gasteiger partial charge in [0.25, 0.3) is 11.8 Å². The van der Waals surface area contributed by atoms with Gasteiger partial charge in [0.15, 0.2) is 0 Å². The monoisotopic (exact) mass is 448 g/mol. The Kier molecular flexibility index (Phi) is 5.73. The topological polar surface area (TPSA) is 49.4 Å². The summed E-state index contributed by atoms with van der Waals surface area (Å²) >= 11 is 2.20. The van der Waals surface area contributed by atoms with Crippen molar-refractivity contribution >= 4 is 34.4 Å². The molecule has 1 aliphatic heterocycles. The lowest BCUT2D eigenvalue weighted by molar-refractivity contribution is 0.0697. The highest BCUT2D eigenvalue weighted by Gasteiger charge is 2.25. The number of halogens is 1. The molecule has 5 heteroatoms. The number of nitrogens with one attached hydrogen (secondary N) is 1. The molecule has 0 atom stereocenters. The molecule has 3 rings (SSSR count). The van der Waals surface area contributed by atoms with Crippen LogP contribution >= 0.6 is 22.6 Å². The quantitative estimate of drug-likeness (QED) is 0.730. The highest BCUT2D eigenvalue weighted by atomic mass is 127. The van der Waals surface area contributed by atoms with Gasteiger partial charge in [-0.2, -0.15) is 0 Å². The molecule has 0 saturated carbocycles. The number of rotatable bonds is 3. The van der Waals surface area contributed by atoms with Crippen LogP contribution in [-0.2, 0) is 0 Å². The molecular weight excluding hydrogens is 427 g/mol. The number of nitrogens with zero attached hydrogens (tertiary/aromatic N) is 1. The Morgan fingerprint density at radius 1 is 1.08 bits per heavy atom. The molecule has 1 saturated heterocycles. The fraction of sp³-hybridized carbons (Fsp3) is 0.300. The zero-order valence-corrected chi connectivity index (χ0v) is 16.3. The maximum Gasteiger partial charge on any atom is 0.254 e. The van der Waals surface area contributed by atoms with Gasteiger partial charge in [0.1, 0.15) is 0 Å². The van der Waals surface area contributed by atoms with Crippen molar-refractivity contribution in [2.24, 2.45) is 0 Å². The van der Waals surface area contributed by atoms with E-state index in [2.05, 4.69) is 27.9 Å². The van der Waals surface area contributed by atoms with E-state index < -0.39 is 0 Å². The van der Waals surface area contributed by atoms with Crippen molar-refractivity contribution in [2.75, 3.05) is 13.1 Å². The van der Waals surface area contributed by atoms with Crippen LogP contribution in [0, 0.1) is 10.5 Å². The van der Waals surface area contributed by atoms with Crippen molar-refractivity contribution in [3.63, 3.8) is 0 Å². The maximum atomic E-state index is 12.6. The van der Waals surface area contributed by atoms with E-state index in [0.29, 0.717) is 18.7 Å². The van der Waals surface area contributed by atoms with E-state index >= 15 is 0 Å². The standard InChI is InChI=1S/C20H21IN2O2/c1-14-5-4-6-15(13-14)19(24)22-16-9-11-23(12-10-16)20(25)17-7-2-3-8-18(17)21/h2-8,13,16H,9-12H2,1H3,(H,22,24). The third-order valence-electron chi connectivity index (χ3n) is 4.50. The molecule has 1 N–H and O–H groups in total. The smallest absolute Gasteiger partial charge is 0.254 e. The number of piperidine rings is 1. The maximum absolute atomic E-state index is 12.6. The first-order valence-electron chi connectivity index (χ1n) is 8.46. The highest BCUT2D eigenvalue weighted by molar-refractivity contribution is 14.1. The molecule has 2 amide bonds. The predicted molar refractivity (Wildman–Crippen MR) is 107 cm³/mol. The van der Waals surface area contributed by atoms with Crippen molar-refractivity contribution in [1.29, 1.82) is 0 Å². The van der Waals surface area contributed by atoms with Gasteiger partial charge in [0.05, 0.1) is 5.56 Å². The Hall–Kier alpha value is -1.89. The lowest BCUT2D eigenvalue weighted by atomic mass is 10.0. The first-order chi connectivity index (χ1) is 12.0. The van der Waals surface area contributed by atoms with Crippen molar-refractivity contribution in [3.8, 4) is 0 Å². The number of likely N-dealkylation sites (tertiary alicyclic amines) is 1. The van der Waals surface area contributed by atoms with Gasteiger partial charge in [0.2, 0.25) is 0 Å². The SMILES string of the molecule is Cc1cccc(C(=O)NC2CCN(C(=O)c3ccccc3I)CC2)c1. The van der Waals surface area contributed by atoms with E-state index in [9.17, 15) is 9.59 Å². The van der Waals surface area contributed by atoms with Crippen LogP contribution in [0.4, 0.5) is 0 Å². The number of carbonyl (C=O) groups excluding carboxylic acids is 2. The molecular formula is C20H21IN2O2. The van der Waals surface area contributed by atoms with E-state index in [1.165, 1.54) is 0 Å². The number of benzene rings is 2. The molecule has 1 aliphatic rings. The lowest BCUT2D eigenvalue weighted by Crippen LogP contribution is -2.46. The van der Waals surface area contributed by atoms with Crippen LogP contribution in [-0.4, -0.2) is 35.8 Å². The summed E-state index contributed by atoms with van der Waals surface area (Å²) < 4.78 is 0.972. The van der Waals surface area contributed by atoms with Gasteiger partial charge in [-0.05, 0) is 66.6 Å². The zero-order valence-electron chi connectivity index (χ0n) is 14.2. The second-order valence-electron chi connectivity index (χ2n) is 6.39. The minimum Gasteiger partial charge on any atom is -0.349 e. The Bertz CT molecular complexity index is 783. The van der Waals surface area contributed by atoms with Crippen molar-refractivity contribution in [1.82, 2.24) is 10.2 Å². The Morgan fingerprint density at radius 2 is 1.80 bits per heavy atom. The van der Waals surface area contributed by atoms with Crippen LogP contribution in [0.5, 0.6) is 0 Å². The number of hydrogen-bond donors (Lipinski definition) is 1. The van der Waals surface area contributed by atoms with Crippen LogP contribution in [0.1, 0.15) is 39.1 Å². The number of hydrogen-bond acceptors (Lipinski definition) is 2. The summed E-state index contributed by atoms with van der Waals surface area (Å²) in [4.78, 5) is 26.9.